The van der Waals surface area contributed by atoms with Crippen molar-refractivity contribution in [3.8, 4) is 0 Å². The van der Waals surface area contributed by atoms with Crippen LogP contribution in [0, 0.1) is 0 Å². The van der Waals surface area contributed by atoms with Crippen molar-refractivity contribution in [3.63, 3.8) is 0 Å². The highest BCUT2D eigenvalue weighted by Crippen LogP contribution is 2.36. The molecular formula is C55H65N3O12. The predicted molar refractivity (Wildman–Crippen MR) is 259 cm³/mol. The second-order valence-electron chi connectivity index (χ2n) is 17.3. The molecule has 2 aliphatic rings. The lowest BCUT2D eigenvalue weighted by molar-refractivity contribution is -0.373. The third-order valence-corrected chi connectivity index (χ3v) is 11.9. The molecule has 10 atom stereocenters. The van der Waals surface area contributed by atoms with Crippen LogP contribution in [-0.4, -0.2) is 98.9 Å². The van der Waals surface area contributed by atoms with Gasteiger partial charge in [0.15, 0.2) is 18.7 Å². The number of hydrogen-bond donors (Lipinski definition) is 1. The van der Waals surface area contributed by atoms with E-state index in [4.69, 9.17) is 52.9 Å². The molecule has 70 heavy (non-hydrogen) atoms. The normalized spacial score (nSPS) is 24.4. The Hall–Kier alpha value is -5.52. The molecular weight excluding hydrogens is 895 g/mol. The van der Waals surface area contributed by atoms with E-state index in [0.717, 1.165) is 53.5 Å². The molecule has 2 fully saturated rings. The Morgan fingerprint density at radius 3 is 1.44 bits per heavy atom. The molecule has 15 heteroatoms. The minimum atomic E-state index is -1.43. The van der Waals surface area contributed by atoms with Gasteiger partial charge in [-0.05, 0) is 46.2 Å². The Morgan fingerprint density at radius 2 is 0.957 bits per heavy atom. The molecule has 0 aliphatic carbocycles. The monoisotopic (exact) mass is 959 g/mol. The van der Waals surface area contributed by atoms with Gasteiger partial charge >= 0.3 is 5.97 Å². The van der Waals surface area contributed by atoms with Gasteiger partial charge in [-0.2, -0.15) is 0 Å². The van der Waals surface area contributed by atoms with Crippen LogP contribution in [0.2, 0.25) is 0 Å². The summed E-state index contributed by atoms with van der Waals surface area (Å²) in [6.07, 6.45) is -7.37. The molecule has 0 unspecified atom stereocenters. The number of carbonyl (C=O) groups excluding carboxylic acids is 1. The van der Waals surface area contributed by atoms with Crippen LogP contribution >= 0.6 is 0 Å². The summed E-state index contributed by atoms with van der Waals surface area (Å²) in [4.78, 5) is 15.5. The van der Waals surface area contributed by atoms with Gasteiger partial charge in [-0.1, -0.05) is 170 Å². The lowest BCUT2D eigenvalue weighted by Gasteiger charge is -2.49. The number of aliphatic hydroxyl groups excluding tert-OH is 1. The van der Waals surface area contributed by atoms with E-state index >= 15 is 0 Å². The number of aliphatic hydroxyl groups is 1. The van der Waals surface area contributed by atoms with Gasteiger partial charge in [0.25, 0.3) is 0 Å². The first-order valence-electron chi connectivity index (χ1n) is 24.1. The first kappa shape index (κ1) is 52.3. The van der Waals surface area contributed by atoms with Crippen LogP contribution in [0.5, 0.6) is 0 Å². The van der Waals surface area contributed by atoms with Crippen molar-refractivity contribution < 1.29 is 57.3 Å². The second-order valence-corrected chi connectivity index (χ2v) is 17.3. The molecule has 2 saturated heterocycles. The average Bonchev–Trinajstić information content (AvgIpc) is 3.39. The quantitative estimate of drug-likeness (QED) is 0.0166. The topological polar surface area (TPSA) is 178 Å². The van der Waals surface area contributed by atoms with Gasteiger partial charge in [0.1, 0.15) is 42.7 Å². The average molecular weight is 960 g/mol. The summed E-state index contributed by atoms with van der Waals surface area (Å²) >= 11 is 0. The fraction of sp³-hybridized carbons (Fsp3) is 0.436. The van der Waals surface area contributed by atoms with Gasteiger partial charge in [0, 0.05) is 25.0 Å². The van der Waals surface area contributed by atoms with E-state index in [9.17, 15) is 9.90 Å². The van der Waals surface area contributed by atoms with E-state index < -0.39 is 67.4 Å². The molecule has 0 amide bonds. The molecule has 2 aliphatic heterocycles. The third kappa shape index (κ3) is 16.5. The molecule has 0 spiro atoms. The molecule has 0 radical (unpaired) electrons. The minimum Gasteiger partial charge on any atom is -0.457 e. The molecule has 0 saturated carbocycles. The predicted octanol–water partition coefficient (Wildman–Crippen LogP) is 9.19. The van der Waals surface area contributed by atoms with E-state index in [2.05, 4.69) is 10.0 Å². The Kier molecular flexibility index (Phi) is 21.7. The largest absolute Gasteiger partial charge is 0.457 e. The lowest BCUT2D eigenvalue weighted by atomic mass is 9.96. The van der Waals surface area contributed by atoms with Crippen LogP contribution < -0.4 is 0 Å². The molecule has 15 nitrogen and oxygen atoms in total. The van der Waals surface area contributed by atoms with Gasteiger partial charge in [-0.3, -0.25) is 4.79 Å². The minimum absolute atomic E-state index is 0.0416. The van der Waals surface area contributed by atoms with E-state index in [1.54, 1.807) is 0 Å². The maximum absolute atomic E-state index is 12.7. The number of ether oxygens (including phenoxy) is 10. The molecule has 0 bridgehead atoms. The van der Waals surface area contributed by atoms with Gasteiger partial charge in [0.2, 0.25) is 0 Å². The van der Waals surface area contributed by atoms with Crippen LogP contribution in [0.25, 0.3) is 10.4 Å². The van der Waals surface area contributed by atoms with Crippen molar-refractivity contribution in [1.29, 1.82) is 0 Å². The van der Waals surface area contributed by atoms with Gasteiger partial charge < -0.3 is 52.5 Å². The molecule has 5 aromatic carbocycles. The molecule has 0 aromatic heterocycles. The summed E-state index contributed by atoms with van der Waals surface area (Å²) in [5.74, 6) is -0.606. The Balaban J connectivity index is 1.23. The maximum atomic E-state index is 12.7. The van der Waals surface area contributed by atoms with Crippen LogP contribution in [-0.2, 0) is 85.2 Å². The first-order valence-corrected chi connectivity index (χ1v) is 24.1. The van der Waals surface area contributed by atoms with Crippen LogP contribution in [0.1, 0.15) is 60.4 Å². The Labute approximate surface area is 410 Å². The van der Waals surface area contributed by atoms with Crippen LogP contribution in [0.3, 0.4) is 0 Å². The highest BCUT2D eigenvalue weighted by Gasteiger charge is 2.54. The zero-order valence-electron chi connectivity index (χ0n) is 39.7. The van der Waals surface area contributed by atoms with E-state index in [-0.39, 0.29) is 46.2 Å². The van der Waals surface area contributed by atoms with Crippen molar-refractivity contribution in [2.24, 2.45) is 5.11 Å². The number of hydrogen-bond acceptors (Lipinski definition) is 13. The van der Waals surface area contributed by atoms with Gasteiger partial charge in [-0.15, -0.1) is 0 Å². The number of esters is 1. The zero-order valence-corrected chi connectivity index (χ0v) is 39.7. The molecule has 2 heterocycles. The van der Waals surface area contributed by atoms with Crippen molar-refractivity contribution in [2.75, 3.05) is 26.4 Å². The van der Waals surface area contributed by atoms with Crippen molar-refractivity contribution >= 4 is 5.97 Å². The number of benzene rings is 5. The van der Waals surface area contributed by atoms with Crippen LogP contribution in [0.4, 0.5) is 0 Å². The van der Waals surface area contributed by atoms with E-state index in [1.165, 1.54) is 6.92 Å². The zero-order chi connectivity index (χ0) is 48.6. The Morgan fingerprint density at radius 1 is 0.529 bits per heavy atom. The smallest absolute Gasteiger partial charge is 0.303 e. The fourth-order valence-electron chi connectivity index (χ4n) is 8.40. The number of carbonyl (C=O) groups is 1. The summed E-state index contributed by atoms with van der Waals surface area (Å²) in [7, 11) is 0. The summed E-state index contributed by atoms with van der Waals surface area (Å²) in [6.45, 7) is 3.04. The number of azide groups is 1. The highest BCUT2D eigenvalue weighted by molar-refractivity contribution is 5.66. The summed E-state index contributed by atoms with van der Waals surface area (Å²) in [6, 6.07) is 48.6. The van der Waals surface area contributed by atoms with Gasteiger partial charge in [0.05, 0.1) is 46.2 Å². The molecule has 372 valence electrons. The first-order chi connectivity index (χ1) is 34.4. The number of nitrogens with zero attached hydrogens (tertiary/aromatic N) is 3. The SMILES string of the molecule is CC(=O)O[C@@H]1[C@H](O)[C@@H](OCc2ccccc2)[C@H](O[C@H]2[C@H](OCc3ccccc3)[C@@H](OCc3ccccc3)[C@H](OCCCCCCN=[N+]=[N-])O[C@@H]2COCc2ccccc2)O[C@@H]1COCc1ccccc1. The standard InChI is InChI=1S/C55H65N3O12/c1-40(59)67-49-46(38-61-33-41-21-9-4-10-22-41)69-55(51(48(49)60)64-35-43-25-13-6-14-26-43)70-50-47(39-62-34-42-23-11-5-12-24-42)68-54(63-32-20-3-2-19-31-57-58-56)53(66-37-45-29-17-8-18-30-45)52(50)65-36-44-27-15-7-16-28-44/h4-18,21-30,46-55,60H,2-3,19-20,31-39H2,1H3/t46-,47-,48+,49+,50-,51-,52+,53-,54-,55+/m1/s1. The highest BCUT2D eigenvalue weighted by atomic mass is 16.8. The van der Waals surface area contributed by atoms with Crippen molar-refractivity contribution in [1.82, 2.24) is 0 Å². The molecule has 1 N–H and O–H groups in total. The fourth-order valence-corrected chi connectivity index (χ4v) is 8.40. The maximum Gasteiger partial charge on any atom is 0.303 e. The molecule has 7 rings (SSSR count). The third-order valence-electron chi connectivity index (χ3n) is 11.9. The lowest BCUT2D eigenvalue weighted by Crippen LogP contribution is -2.66. The number of rotatable bonds is 28. The van der Waals surface area contributed by atoms with Gasteiger partial charge in [-0.25, -0.2) is 0 Å². The summed E-state index contributed by atoms with van der Waals surface area (Å²) < 4.78 is 66.3. The van der Waals surface area contributed by atoms with E-state index in [0.29, 0.717) is 13.2 Å². The molecule has 5 aromatic rings. The Bertz CT molecular complexity index is 2260. The summed E-state index contributed by atoms with van der Waals surface area (Å²) in [5, 5.41) is 16.0. The van der Waals surface area contributed by atoms with Crippen molar-refractivity contribution in [2.45, 2.75) is 127 Å². The summed E-state index contributed by atoms with van der Waals surface area (Å²) in [5.41, 5.74) is 13.3. The van der Waals surface area contributed by atoms with Crippen LogP contribution in [0.15, 0.2) is 157 Å². The number of unbranched alkanes of at least 4 members (excludes halogenated alkanes) is 3. The van der Waals surface area contributed by atoms with E-state index in [1.807, 2.05) is 152 Å². The second kappa shape index (κ2) is 29.0. The van der Waals surface area contributed by atoms with Crippen molar-refractivity contribution in [3.05, 3.63) is 190 Å².